The lowest BCUT2D eigenvalue weighted by atomic mass is 10.3. The van der Waals surface area contributed by atoms with Crippen molar-refractivity contribution in [2.45, 2.75) is 6.61 Å². The zero-order valence-electron chi connectivity index (χ0n) is 12.6. The number of rotatable bonds is 5. The largest absolute Gasteiger partial charge is 0.484 e. The standard InChI is InChI=1S/C17H10Cl2N2O3S/c18-10-3-5-13(12(19)8-10)22-9-11-4-6-14(23-11)17-20-16(21-24-17)15-2-1-7-25-15/h1-8H,9H2. The van der Waals surface area contributed by atoms with Crippen molar-refractivity contribution < 1.29 is 13.7 Å². The van der Waals surface area contributed by atoms with Gasteiger partial charge in [0.25, 0.3) is 5.89 Å². The lowest BCUT2D eigenvalue weighted by Crippen LogP contribution is -1.94. The molecule has 0 spiro atoms. The minimum absolute atomic E-state index is 0.216. The summed E-state index contributed by atoms with van der Waals surface area (Å²) in [5, 5.41) is 6.91. The lowest BCUT2D eigenvalue weighted by molar-refractivity contribution is 0.270. The van der Waals surface area contributed by atoms with Crippen molar-refractivity contribution in [3.8, 4) is 28.1 Å². The van der Waals surface area contributed by atoms with Crippen molar-refractivity contribution >= 4 is 34.5 Å². The Kier molecular flexibility index (Phi) is 4.48. The summed E-state index contributed by atoms with van der Waals surface area (Å²) in [5.74, 6) is 2.47. The molecule has 0 saturated heterocycles. The highest BCUT2D eigenvalue weighted by molar-refractivity contribution is 7.13. The van der Waals surface area contributed by atoms with Crippen LogP contribution in [0.3, 0.4) is 0 Å². The van der Waals surface area contributed by atoms with Gasteiger partial charge in [-0.3, -0.25) is 0 Å². The summed E-state index contributed by atoms with van der Waals surface area (Å²) in [6.45, 7) is 0.216. The number of ether oxygens (including phenoxy) is 1. The maximum atomic E-state index is 6.08. The maximum absolute atomic E-state index is 6.08. The molecule has 0 fully saturated rings. The van der Waals surface area contributed by atoms with E-state index in [9.17, 15) is 0 Å². The molecular formula is C17H10Cl2N2O3S. The second-order valence-corrected chi connectivity index (χ2v) is 6.82. The predicted octanol–water partition coefficient (Wildman–Crippen LogP) is 5.94. The van der Waals surface area contributed by atoms with E-state index in [0.29, 0.717) is 39.0 Å². The van der Waals surface area contributed by atoms with Crippen LogP contribution < -0.4 is 4.74 Å². The van der Waals surface area contributed by atoms with Crippen LogP contribution in [0.25, 0.3) is 22.4 Å². The van der Waals surface area contributed by atoms with E-state index in [2.05, 4.69) is 10.1 Å². The molecule has 0 unspecified atom stereocenters. The molecule has 0 bridgehead atoms. The van der Waals surface area contributed by atoms with Crippen LogP contribution in [0, 0.1) is 0 Å². The Morgan fingerprint density at radius 1 is 1.12 bits per heavy atom. The normalized spacial score (nSPS) is 11.0. The first-order valence-electron chi connectivity index (χ1n) is 7.23. The Labute approximate surface area is 156 Å². The molecule has 0 amide bonds. The summed E-state index contributed by atoms with van der Waals surface area (Å²) in [6, 6.07) is 12.4. The topological polar surface area (TPSA) is 61.3 Å². The van der Waals surface area contributed by atoms with Gasteiger partial charge in [0, 0.05) is 5.02 Å². The summed E-state index contributed by atoms with van der Waals surface area (Å²) in [6.07, 6.45) is 0. The zero-order valence-corrected chi connectivity index (χ0v) is 14.9. The van der Waals surface area contributed by atoms with Gasteiger partial charge in [-0.25, -0.2) is 0 Å². The maximum Gasteiger partial charge on any atom is 0.293 e. The molecule has 126 valence electrons. The Morgan fingerprint density at radius 3 is 2.84 bits per heavy atom. The summed E-state index contributed by atoms with van der Waals surface area (Å²) in [4.78, 5) is 5.27. The van der Waals surface area contributed by atoms with Gasteiger partial charge in [0.15, 0.2) is 5.76 Å². The van der Waals surface area contributed by atoms with Gasteiger partial charge in [-0.1, -0.05) is 34.4 Å². The van der Waals surface area contributed by atoms with E-state index in [1.54, 1.807) is 41.7 Å². The van der Waals surface area contributed by atoms with Crippen LogP contribution in [0.2, 0.25) is 10.0 Å². The van der Waals surface area contributed by atoms with Gasteiger partial charge in [0.1, 0.15) is 18.1 Å². The molecule has 4 rings (SSSR count). The smallest absolute Gasteiger partial charge is 0.293 e. The highest BCUT2D eigenvalue weighted by Gasteiger charge is 2.15. The fourth-order valence-electron chi connectivity index (χ4n) is 2.14. The number of furan rings is 1. The molecule has 0 aliphatic heterocycles. The molecule has 25 heavy (non-hydrogen) atoms. The second-order valence-electron chi connectivity index (χ2n) is 5.03. The van der Waals surface area contributed by atoms with Gasteiger partial charge in [0.2, 0.25) is 5.82 Å². The average molecular weight is 393 g/mol. The van der Waals surface area contributed by atoms with Gasteiger partial charge in [-0.05, 0) is 41.8 Å². The van der Waals surface area contributed by atoms with Crippen molar-refractivity contribution in [3.05, 3.63) is 63.7 Å². The molecule has 0 atom stereocenters. The van der Waals surface area contributed by atoms with Crippen LogP contribution in [-0.4, -0.2) is 10.1 Å². The summed E-state index contributed by atoms with van der Waals surface area (Å²) in [7, 11) is 0. The molecule has 0 aliphatic rings. The molecular weight excluding hydrogens is 383 g/mol. The molecule has 4 aromatic rings. The number of benzene rings is 1. The van der Waals surface area contributed by atoms with Crippen molar-refractivity contribution in [2.24, 2.45) is 0 Å². The first kappa shape index (κ1) is 16.2. The molecule has 0 aliphatic carbocycles. The Balaban J connectivity index is 1.47. The predicted molar refractivity (Wildman–Crippen MR) is 96.1 cm³/mol. The summed E-state index contributed by atoms with van der Waals surface area (Å²) < 4.78 is 16.6. The fraction of sp³-hybridized carbons (Fsp3) is 0.0588. The first-order chi connectivity index (χ1) is 12.2. The third-order valence-electron chi connectivity index (χ3n) is 3.30. The van der Waals surface area contributed by atoms with E-state index in [1.165, 1.54) is 0 Å². The minimum Gasteiger partial charge on any atom is -0.484 e. The summed E-state index contributed by atoms with van der Waals surface area (Å²) >= 11 is 13.5. The lowest BCUT2D eigenvalue weighted by Gasteiger charge is -2.06. The van der Waals surface area contributed by atoms with Crippen LogP contribution >= 0.6 is 34.5 Å². The van der Waals surface area contributed by atoms with Gasteiger partial charge >= 0.3 is 0 Å². The fourth-order valence-corrected chi connectivity index (χ4v) is 3.25. The Hall–Kier alpha value is -2.28. The molecule has 3 heterocycles. The van der Waals surface area contributed by atoms with Crippen molar-refractivity contribution in [3.63, 3.8) is 0 Å². The van der Waals surface area contributed by atoms with Crippen LogP contribution in [0.15, 0.2) is 56.8 Å². The van der Waals surface area contributed by atoms with Gasteiger partial charge in [-0.15, -0.1) is 11.3 Å². The van der Waals surface area contributed by atoms with Crippen molar-refractivity contribution in [2.75, 3.05) is 0 Å². The van der Waals surface area contributed by atoms with Crippen LogP contribution in [0.1, 0.15) is 5.76 Å². The van der Waals surface area contributed by atoms with E-state index in [0.717, 1.165) is 4.88 Å². The van der Waals surface area contributed by atoms with Gasteiger partial charge < -0.3 is 13.7 Å². The average Bonchev–Trinajstić information content (AvgIpc) is 3.34. The van der Waals surface area contributed by atoms with Gasteiger partial charge in [0.05, 0.1) is 9.90 Å². The highest BCUT2D eigenvalue weighted by Crippen LogP contribution is 2.29. The van der Waals surface area contributed by atoms with E-state index in [1.807, 2.05) is 17.5 Å². The quantitative estimate of drug-likeness (QED) is 0.420. The number of hydrogen-bond donors (Lipinski definition) is 0. The number of aromatic nitrogens is 2. The molecule has 0 radical (unpaired) electrons. The minimum atomic E-state index is 0.216. The number of thiophene rings is 1. The molecule has 5 nitrogen and oxygen atoms in total. The SMILES string of the molecule is Clc1ccc(OCc2ccc(-c3nc(-c4cccs4)no3)o2)c(Cl)c1. The molecule has 8 heteroatoms. The molecule has 3 aromatic heterocycles. The molecule has 0 N–H and O–H groups in total. The molecule has 1 aromatic carbocycles. The number of hydrogen-bond acceptors (Lipinski definition) is 6. The van der Waals surface area contributed by atoms with Gasteiger partial charge in [-0.2, -0.15) is 4.98 Å². The Bertz CT molecular complexity index is 995. The van der Waals surface area contributed by atoms with E-state index >= 15 is 0 Å². The highest BCUT2D eigenvalue weighted by atomic mass is 35.5. The van der Waals surface area contributed by atoms with Crippen molar-refractivity contribution in [1.29, 1.82) is 0 Å². The number of nitrogens with zero attached hydrogens (tertiary/aromatic N) is 2. The third-order valence-corrected chi connectivity index (χ3v) is 4.70. The van der Waals surface area contributed by atoms with E-state index < -0.39 is 0 Å². The van der Waals surface area contributed by atoms with Crippen LogP contribution in [0.4, 0.5) is 0 Å². The monoisotopic (exact) mass is 392 g/mol. The first-order valence-corrected chi connectivity index (χ1v) is 8.87. The third kappa shape index (κ3) is 3.56. The Morgan fingerprint density at radius 2 is 2.04 bits per heavy atom. The van der Waals surface area contributed by atoms with Crippen molar-refractivity contribution in [1.82, 2.24) is 10.1 Å². The van der Waals surface area contributed by atoms with E-state index in [-0.39, 0.29) is 6.61 Å². The van der Waals surface area contributed by atoms with Crippen LogP contribution in [0.5, 0.6) is 5.75 Å². The van der Waals surface area contributed by atoms with Crippen LogP contribution in [-0.2, 0) is 6.61 Å². The second kappa shape index (κ2) is 6.92. The zero-order chi connectivity index (χ0) is 17.2. The van der Waals surface area contributed by atoms with E-state index in [4.69, 9.17) is 36.9 Å². The summed E-state index contributed by atoms with van der Waals surface area (Å²) in [5.41, 5.74) is 0. The molecule has 0 saturated carbocycles. The number of halogens is 2.